The molecule has 0 fully saturated rings. The normalized spacial score (nSPS) is 14.3. The fourth-order valence-corrected chi connectivity index (χ4v) is 4.04. The van der Waals surface area contributed by atoms with E-state index in [9.17, 15) is 0 Å². The monoisotopic (exact) mass is 343 g/mol. The second-order valence-corrected chi connectivity index (χ2v) is 7.10. The molecule has 0 saturated heterocycles. The van der Waals surface area contributed by atoms with Crippen LogP contribution in [0, 0.1) is 0 Å². The summed E-state index contributed by atoms with van der Waals surface area (Å²) in [7, 11) is 0. The van der Waals surface area contributed by atoms with Crippen LogP contribution >= 0.6 is 27.7 Å². The number of rotatable bonds is 9. The van der Waals surface area contributed by atoms with Crippen molar-refractivity contribution in [1.29, 1.82) is 0 Å². The van der Waals surface area contributed by atoms with Crippen LogP contribution in [0.25, 0.3) is 0 Å². The molecule has 0 spiro atoms. The van der Waals surface area contributed by atoms with Crippen LogP contribution < -0.4 is 5.32 Å². The summed E-state index contributed by atoms with van der Waals surface area (Å²) in [6.45, 7) is 7.93. The molecule has 0 saturated carbocycles. The van der Waals surface area contributed by atoms with Gasteiger partial charge in [0.25, 0.3) is 0 Å². The number of benzene rings is 1. The van der Waals surface area contributed by atoms with Gasteiger partial charge in [-0.15, -0.1) is 11.8 Å². The van der Waals surface area contributed by atoms with E-state index in [0.717, 1.165) is 6.54 Å². The Morgan fingerprint density at radius 1 is 1.21 bits per heavy atom. The van der Waals surface area contributed by atoms with Crippen LogP contribution in [0.3, 0.4) is 0 Å². The Morgan fingerprint density at radius 2 is 2.00 bits per heavy atom. The minimum absolute atomic E-state index is 0.624. The Hall–Kier alpha value is 0.01000. The van der Waals surface area contributed by atoms with Gasteiger partial charge < -0.3 is 5.32 Å². The Kier molecular flexibility index (Phi) is 8.84. The van der Waals surface area contributed by atoms with Crippen molar-refractivity contribution < 1.29 is 0 Å². The molecule has 0 aromatic heterocycles. The van der Waals surface area contributed by atoms with Gasteiger partial charge in [-0.3, -0.25) is 0 Å². The topological polar surface area (TPSA) is 12.0 Å². The summed E-state index contributed by atoms with van der Waals surface area (Å²) in [5, 5.41) is 4.38. The van der Waals surface area contributed by atoms with E-state index in [0.29, 0.717) is 11.3 Å². The van der Waals surface area contributed by atoms with E-state index in [-0.39, 0.29) is 0 Å². The van der Waals surface area contributed by atoms with Crippen molar-refractivity contribution in [3.8, 4) is 0 Å². The van der Waals surface area contributed by atoms with Gasteiger partial charge >= 0.3 is 0 Å². The molecule has 1 N–H and O–H groups in total. The third-order valence-corrected chi connectivity index (χ3v) is 5.17. The summed E-state index contributed by atoms with van der Waals surface area (Å²) in [6, 6.07) is 9.26. The van der Waals surface area contributed by atoms with E-state index < -0.39 is 0 Å². The van der Waals surface area contributed by atoms with Gasteiger partial charge in [-0.1, -0.05) is 49.2 Å². The summed E-state index contributed by atoms with van der Waals surface area (Å²) >= 11 is 5.56. The predicted molar refractivity (Wildman–Crippen MR) is 91.1 cm³/mol. The third kappa shape index (κ3) is 6.33. The van der Waals surface area contributed by atoms with Gasteiger partial charge in [0.2, 0.25) is 0 Å². The molecule has 0 aliphatic heterocycles. The molecule has 108 valence electrons. The van der Waals surface area contributed by atoms with E-state index >= 15 is 0 Å². The molecule has 2 atom stereocenters. The highest BCUT2D eigenvalue weighted by Crippen LogP contribution is 2.30. The molecule has 1 rings (SSSR count). The average Bonchev–Trinajstić information content (AvgIpc) is 2.41. The third-order valence-electron chi connectivity index (χ3n) is 3.19. The van der Waals surface area contributed by atoms with Gasteiger partial charge in [0.15, 0.2) is 0 Å². The highest BCUT2D eigenvalue weighted by molar-refractivity contribution is 9.10. The highest BCUT2D eigenvalue weighted by Gasteiger charge is 2.19. The van der Waals surface area contributed by atoms with Crippen LogP contribution in [-0.4, -0.2) is 17.8 Å². The summed E-state index contributed by atoms with van der Waals surface area (Å²) in [6.07, 6.45) is 4.92. The minimum Gasteiger partial charge on any atom is -0.313 e. The van der Waals surface area contributed by atoms with E-state index in [1.807, 2.05) is 11.8 Å². The van der Waals surface area contributed by atoms with Crippen molar-refractivity contribution in [2.24, 2.45) is 0 Å². The van der Waals surface area contributed by atoms with E-state index in [1.54, 1.807) is 0 Å². The summed E-state index contributed by atoms with van der Waals surface area (Å²) in [5.74, 6) is 0. The zero-order valence-electron chi connectivity index (χ0n) is 12.3. The van der Waals surface area contributed by atoms with E-state index in [2.05, 4.69) is 66.3 Å². The van der Waals surface area contributed by atoms with Gasteiger partial charge in [0.1, 0.15) is 0 Å². The SMILES string of the molecule is CCCNC(CCC)C(CC)Sc1cccc(Br)c1. The van der Waals surface area contributed by atoms with Crippen molar-refractivity contribution in [1.82, 2.24) is 5.32 Å². The lowest BCUT2D eigenvalue weighted by Crippen LogP contribution is -2.38. The molecule has 0 aliphatic carbocycles. The number of hydrogen-bond acceptors (Lipinski definition) is 2. The standard InChI is InChI=1S/C16H26BrNS/c1-4-8-15(18-11-5-2)16(6-3)19-14-10-7-9-13(17)12-14/h7,9-10,12,15-16,18H,4-6,8,11H2,1-3H3. The number of halogens is 1. The molecule has 1 aromatic carbocycles. The summed E-state index contributed by atoms with van der Waals surface area (Å²) < 4.78 is 1.17. The number of thioether (sulfide) groups is 1. The van der Waals surface area contributed by atoms with Crippen LogP contribution in [0.15, 0.2) is 33.6 Å². The molecule has 0 heterocycles. The van der Waals surface area contributed by atoms with Gasteiger partial charge in [0, 0.05) is 20.7 Å². The highest BCUT2D eigenvalue weighted by atomic mass is 79.9. The Labute approximate surface area is 131 Å². The first-order valence-electron chi connectivity index (χ1n) is 7.36. The summed E-state index contributed by atoms with van der Waals surface area (Å²) in [4.78, 5) is 1.36. The van der Waals surface area contributed by atoms with Crippen molar-refractivity contribution in [2.45, 2.75) is 62.6 Å². The van der Waals surface area contributed by atoms with E-state index in [4.69, 9.17) is 0 Å². The molecule has 2 unspecified atom stereocenters. The fourth-order valence-electron chi connectivity index (χ4n) is 2.23. The van der Waals surface area contributed by atoms with Gasteiger partial charge in [0.05, 0.1) is 0 Å². The van der Waals surface area contributed by atoms with Crippen molar-refractivity contribution in [3.63, 3.8) is 0 Å². The molecule has 1 aromatic rings. The maximum Gasteiger partial charge on any atom is 0.0245 e. The van der Waals surface area contributed by atoms with Gasteiger partial charge in [-0.25, -0.2) is 0 Å². The first-order chi connectivity index (χ1) is 9.21. The van der Waals surface area contributed by atoms with Crippen LogP contribution in [-0.2, 0) is 0 Å². The van der Waals surface area contributed by atoms with Gasteiger partial charge in [-0.2, -0.15) is 0 Å². The number of hydrogen-bond donors (Lipinski definition) is 1. The smallest absolute Gasteiger partial charge is 0.0245 e. The Balaban J connectivity index is 2.67. The van der Waals surface area contributed by atoms with Crippen molar-refractivity contribution >= 4 is 27.7 Å². The second-order valence-electron chi connectivity index (χ2n) is 4.87. The molecule has 0 radical (unpaired) electrons. The first kappa shape index (κ1) is 17.1. The fraction of sp³-hybridized carbons (Fsp3) is 0.625. The summed E-state index contributed by atoms with van der Waals surface area (Å²) in [5.41, 5.74) is 0. The molecule has 0 amide bonds. The Morgan fingerprint density at radius 3 is 2.58 bits per heavy atom. The van der Waals surface area contributed by atoms with Crippen LogP contribution in [0.1, 0.15) is 46.5 Å². The van der Waals surface area contributed by atoms with Gasteiger partial charge in [-0.05, 0) is 44.0 Å². The largest absolute Gasteiger partial charge is 0.313 e. The zero-order valence-corrected chi connectivity index (χ0v) is 14.7. The predicted octanol–water partition coefficient (Wildman–Crippen LogP) is 5.49. The zero-order chi connectivity index (χ0) is 14.1. The second kappa shape index (κ2) is 9.84. The maximum atomic E-state index is 3.72. The molecule has 0 aliphatic rings. The quantitative estimate of drug-likeness (QED) is 0.595. The van der Waals surface area contributed by atoms with E-state index in [1.165, 1.54) is 35.1 Å². The molecule has 1 nitrogen and oxygen atoms in total. The van der Waals surface area contributed by atoms with Crippen molar-refractivity contribution in [3.05, 3.63) is 28.7 Å². The molecular weight excluding hydrogens is 318 g/mol. The lowest BCUT2D eigenvalue weighted by Gasteiger charge is -2.27. The minimum atomic E-state index is 0.624. The Bertz CT molecular complexity index is 356. The van der Waals surface area contributed by atoms with Crippen LogP contribution in [0.5, 0.6) is 0 Å². The maximum absolute atomic E-state index is 3.72. The molecular formula is C16H26BrNS. The van der Waals surface area contributed by atoms with Crippen LogP contribution in [0.2, 0.25) is 0 Å². The number of nitrogens with one attached hydrogen (secondary N) is 1. The molecule has 0 bridgehead atoms. The lowest BCUT2D eigenvalue weighted by molar-refractivity contribution is 0.454. The van der Waals surface area contributed by atoms with Crippen molar-refractivity contribution in [2.75, 3.05) is 6.54 Å². The first-order valence-corrected chi connectivity index (χ1v) is 9.04. The lowest BCUT2D eigenvalue weighted by atomic mass is 10.1. The molecule has 19 heavy (non-hydrogen) atoms. The van der Waals surface area contributed by atoms with Crippen LogP contribution in [0.4, 0.5) is 0 Å². The average molecular weight is 344 g/mol. The molecule has 3 heteroatoms.